The normalized spacial score (nSPS) is 0.375. The van der Waals surface area contributed by atoms with Gasteiger partial charge >= 0.3 is 0 Å². The minimum absolute atomic E-state index is 0. The molecule has 0 rings (SSSR count). The van der Waals surface area contributed by atoms with Crippen LogP contribution in [0.2, 0.25) is 6.82 Å². The van der Waals surface area contributed by atoms with E-state index < -0.39 is 0 Å². The van der Waals surface area contributed by atoms with E-state index in [-0.39, 0.29) is 407 Å². The molecule has 13 heteroatoms. The molecule has 0 nitrogen and oxygen atoms in total. The summed E-state index contributed by atoms with van der Waals surface area (Å²) in [6.45, 7) is 1.50. The van der Waals surface area contributed by atoms with Gasteiger partial charge in [0.25, 0.3) is 0 Å². The van der Waals surface area contributed by atoms with Crippen LogP contribution < -0.4 is 0 Å². The summed E-state index contributed by atoms with van der Waals surface area (Å²) in [5.74, 6) is 0. The van der Waals surface area contributed by atoms with Crippen LogP contribution in [0.3, 0.4) is 0 Å². The molecular formula is C3H9BY12-3. The molecule has 0 aliphatic rings. The minimum atomic E-state index is 0. The molecule has 0 saturated carbocycles. The predicted molar refractivity (Wildman–Crippen MR) is 24.4 cm³/mol. The molecule has 16 heavy (non-hydrogen) atoms. The van der Waals surface area contributed by atoms with Crippen molar-refractivity contribution >= 4 is 7.85 Å². The van der Waals surface area contributed by atoms with Crippen LogP contribution >= 0.6 is 0 Å². The van der Waals surface area contributed by atoms with E-state index in [4.69, 9.17) is 0 Å². The first-order chi connectivity index (χ1) is 1.00. The van der Waals surface area contributed by atoms with Gasteiger partial charge in [-0.3, -0.25) is 6.82 Å². The molecule has 0 N–H and O–H groups in total. The summed E-state index contributed by atoms with van der Waals surface area (Å²) in [4.78, 5) is 0. The molecule has 0 aliphatic heterocycles. The van der Waals surface area contributed by atoms with Crippen molar-refractivity contribution in [1.82, 2.24) is 0 Å². The standard InChI is InChI=1S/CH3B.2CH3.12Y/c1-2;;;;;;;;;;;;;;/h1H3;2*1H3;;;;;;;;;;;;/q3*-1;;;;;;;;;;;;. The van der Waals surface area contributed by atoms with Gasteiger partial charge in [0.1, 0.15) is 0 Å². The summed E-state index contributed by atoms with van der Waals surface area (Å²) in [6.07, 6.45) is 0. The average molecular weight is 1120 g/mol. The molecular weight excluding hydrogens is 1110 g/mol. The molecule has 0 aromatic carbocycles. The average Bonchev–Trinajstić information content (AvgIpc) is 1.00. The minimum Gasteiger partial charge on any atom is -0.631 e. The first-order valence-corrected chi connectivity index (χ1v) is 0.577. The molecule has 0 unspecified atom stereocenters. The zero-order valence-corrected chi connectivity index (χ0v) is 44.6. The van der Waals surface area contributed by atoms with Gasteiger partial charge in [0.15, 0.2) is 0 Å². The summed E-state index contributed by atoms with van der Waals surface area (Å²) in [5, 5.41) is 0. The Morgan fingerprint density at radius 3 is 0.312 bits per heavy atom. The topological polar surface area (TPSA) is 0 Å². The number of hydrogen-bond donors (Lipinski definition) is 0. The van der Waals surface area contributed by atoms with Crippen LogP contribution in [-0.2, 0) is 393 Å². The third-order valence-electron chi connectivity index (χ3n) is 0. The monoisotopic (exact) mass is 1120 g/mol. The fraction of sp³-hybridized carbons (Fsp3) is 0.333. The fourth-order valence-electron chi connectivity index (χ4n) is 0. The maximum absolute atomic E-state index is 4.50. The maximum atomic E-state index is 4.50. The van der Waals surface area contributed by atoms with Crippen molar-refractivity contribution < 1.29 is 393 Å². The van der Waals surface area contributed by atoms with Crippen molar-refractivity contribution in [2.75, 3.05) is 0 Å². The Morgan fingerprint density at radius 1 is 0.312 bits per heavy atom. The van der Waals surface area contributed by atoms with Crippen molar-refractivity contribution in [3.63, 3.8) is 0 Å². The second-order valence-corrected chi connectivity index (χ2v) is 0. The first-order valence-electron chi connectivity index (χ1n) is 0.577. The molecule has 0 heterocycles. The van der Waals surface area contributed by atoms with Gasteiger partial charge in [-0.15, -0.1) is 0 Å². The van der Waals surface area contributed by atoms with Crippen molar-refractivity contribution in [3.05, 3.63) is 14.9 Å². The van der Waals surface area contributed by atoms with Gasteiger partial charge in [0, 0.05) is 393 Å². The van der Waals surface area contributed by atoms with Crippen LogP contribution in [0.5, 0.6) is 0 Å². The van der Waals surface area contributed by atoms with Gasteiger partial charge in [-0.05, 0) is 0 Å². The SMILES string of the molecule is [B-]C.[CH3-].[CH3-].[Y].[Y].[Y].[Y].[Y].[Y].[Y].[Y].[Y].[Y].[Y].[Y]. The molecule has 0 fully saturated rings. The molecule has 0 bridgehead atoms. The number of rotatable bonds is 0. The van der Waals surface area contributed by atoms with E-state index in [9.17, 15) is 0 Å². The second kappa shape index (κ2) is 119. The van der Waals surface area contributed by atoms with E-state index in [2.05, 4.69) is 7.85 Å². The van der Waals surface area contributed by atoms with Crippen LogP contribution in [-0.4, -0.2) is 7.85 Å². The Hall–Kier alpha value is 13.3. The molecule has 63 valence electrons. The van der Waals surface area contributed by atoms with E-state index in [1.54, 1.807) is 0 Å². The van der Waals surface area contributed by atoms with Crippen molar-refractivity contribution in [2.24, 2.45) is 0 Å². The Labute approximate surface area is 407 Å². The number of hydrogen-bond acceptors (Lipinski definition) is 0. The Bertz CT molecular complexity index is 16.2. The van der Waals surface area contributed by atoms with Crippen LogP contribution in [0.25, 0.3) is 0 Å². The van der Waals surface area contributed by atoms with E-state index >= 15 is 0 Å². The predicted octanol–water partition coefficient (Wildman–Crippen LogP) is 1.07. The van der Waals surface area contributed by atoms with Gasteiger partial charge in [0.05, 0.1) is 0 Å². The van der Waals surface area contributed by atoms with Gasteiger partial charge in [0.2, 0.25) is 0 Å². The molecule has 0 atom stereocenters. The van der Waals surface area contributed by atoms with E-state index in [1.165, 1.54) is 6.82 Å². The maximum Gasteiger partial charge on any atom is 0 e. The Balaban J connectivity index is -0.0000000000549. The molecule has 0 aliphatic carbocycles. The van der Waals surface area contributed by atoms with Crippen LogP contribution in [0.4, 0.5) is 0 Å². The quantitative estimate of drug-likeness (QED) is 0.252. The molecule has 0 aromatic rings. The van der Waals surface area contributed by atoms with Crippen LogP contribution in [0.15, 0.2) is 0 Å². The summed E-state index contributed by atoms with van der Waals surface area (Å²) in [6, 6.07) is 0. The van der Waals surface area contributed by atoms with Crippen molar-refractivity contribution in [1.29, 1.82) is 0 Å². The van der Waals surface area contributed by atoms with Crippen molar-refractivity contribution in [3.8, 4) is 0 Å². The smallest absolute Gasteiger partial charge is 0 e. The van der Waals surface area contributed by atoms with E-state index in [0.29, 0.717) is 0 Å². The van der Waals surface area contributed by atoms with Crippen LogP contribution in [0.1, 0.15) is 0 Å². The summed E-state index contributed by atoms with van der Waals surface area (Å²) in [7, 11) is 4.50. The fourth-order valence-corrected chi connectivity index (χ4v) is 0. The third-order valence-corrected chi connectivity index (χ3v) is 0. The van der Waals surface area contributed by atoms with Gasteiger partial charge in [-0.25, -0.2) is 0 Å². The second-order valence-electron chi connectivity index (χ2n) is 0. The van der Waals surface area contributed by atoms with Crippen LogP contribution in [0, 0.1) is 14.9 Å². The summed E-state index contributed by atoms with van der Waals surface area (Å²) >= 11 is 0. The zero-order chi connectivity index (χ0) is 2.00. The summed E-state index contributed by atoms with van der Waals surface area (Å²) < 4.78 is 0. The molecule has 0 aromatic heterocycles. The first kappa shape index (κ1) is 115. The zero-order valence-electron chi connectivity index (χ0n) is 10.5. The Kier molecular flexibility index (Phi) is 854. The third kappa shape index (κ3) is 107. The van der Waals surface area contributed by atoms with Gasteiger partial charge < -0.3 is 22.7 Å². The molecule has 0 saturated heterocycles. The van der Waals surface area contributed by atoms with Gasteiger partial charge in [-0.2, -0.15) is 0 Å². The van der Waals surface area contributed by atoms with Crippen molar-refractivity contribution in [2.45, 2.75) is 6.82 Å². The molecule has 0 amide bonds. The Morgan fingerprint density at radius 2 is 0.312 bits per heavy atom. The van der Waals surface area contributed by atoms with E-state index in [1.807, 2.05) is 0 Å². The largest absolute Gasteiger partial charge is 0.631 e. The van der Waals surface area contributed by atoms with E-state index in [0.717, 1.165) is 0 Å². The molecule has 15 radical (unpaired) electrons. The summed E-state index contributed by atoms with van der Waals surface area (Å²) in [5.41, 5.74) is 0. The van der Waals surface area contributed by atoms with Gasteiger partial charge in [-0.1, -0.05) is 0 Å². The molecule has 0 spiro atoms.